The van der Waals surface area contributed by atoms with E-state index in [0.717, 1.165) is 28.6 Å². The second kappa shape index (κ2) is 4.33. The van der Waals surface area contributed by atoms with E-state index in [-0.39, 0.29) is 5.91 Å². The molecule has 2 N–H and O–H groups in total. The summed E-state index contributed by atoms with van der Waals surface area (Å²) < 4.78 is 1.03. The molecule has 0 aliphatic carbocycles. The highest BCUT2D eigenvalue weighted by Crippen LogP contribution is 2.22. The third-order valence-electron chi connectivity index (χ3n) is 2.63. The van der Waals surface area contributed by atoms with E-state index >= 15 is 0 Å². The smallest absolute Gasteiger partial charge is 0.254 e. The van der Waals surface area contributed by atoms with Crippen molar-refractivity contribution in [1.29, 1.82) is 0 Å². The van der Waals surface area contributed by atoms with E-state index in [1.807, 2.05) is 23.1 Å². The number of fused-ring (bicyclic) bond motifs is 1. The van der Waals surface area contributed by atoms with Crippen LogP contribution in [0.2, 0.25) is 0 Å². The van der Waals surface area contributed by atoms with Crippen LogP contribution in [0.3, 0.4) is 0 Å². The van der Waals surface area contributed by atoms with Crippen LogP contribution in [0.4, 0.5) is 0 Å². The highest BCUT2D eigenvalue weighted by Gasteiger charge is 2.23. The number of carbonyl (C=O) groups excluding carboxylic acids is 1. The third kappa shape index (κ3) is 2.06. The predicted molar refractivity (Wildman–Crippen MR) is 62.8 cm³/mol. The number of hydrogen-bond donors (Lipinski definition) is 1. The zero-order valence-corrected chi connectivity index (χ0v) is 9.96. The summed E-state index contributed by atoms with van der Waals surface area (Å²) in [5, 5.41) is 0. The van der Waals surface area contributed by atoms with Gasteiger partial charge in [-0.05, 0) is 30.2 Å². The molecule has 1 aliphatic heterocycles. The molecule has 1 heterocycles. The number of nitrogens with two attached hydrogens (primary N) is 1. The van der Waals surface area contributed by atoms with Gasteiger partial charge in [0.15, 0.2) is 0 Å². The Morgan fingerprint density at radius 3 is 3.00 bits per heavy atom. The average molecular weight is 269 g/mol. The summed E-state index contributed by atoms with van der Waals surface area (Å²) in [7, 11) is 0. The van der Waals surface area contributed by atoms with Crippen LogP contribution in [0.15, 0.2) is 22.7 Å². The number of hydrogen-bond acceptors (Lipinski definition) is 2. The lowest BCUT2D eigenvalue weighted by Crippen LogP contribution is -2.40. The van der Waals surface area contributed by atoms with Gasteiger partial charge in [0.05, 0.1) is 0 Å². The summed E-state index contributed by atoms with van der Waals surface area (Å²) >= 11 is 3.41. The molecular formula is C11H13BrN2O. The van der Waals surface area contributed by atoms with Gasteiger partial charge in [0.2, 0.25) is 0 Å². The van der Waals surface area contributed by atoms with Crippen LogP contribution in [-0.2, 0) is 6.42 Å². The summed E-state index contributed by atoms with van der Waals surface area (Å²) in [6.45, 7) is 1.95. The van der Waals surface area contributed by atoms with Crippen molar-refractivity contribution in [3.05, 3.63) is 33.8 Å². The first kappa shape index (κ1) is 10.6. The molecule has 0 unspecified atom stereocenters. The molecule has 0 spiro atoms. The summed E-state index contributed by atoms with van der Waals surface area (Å²) in [5.41, 5.74) is 7.41. The second-order valence-electron chi connectivity index (χ2n) is 3.63. The fourth-order valence-electron chi connectivity index (χ4n) is 1.87. The first-order valence-electron chi connectivity index (χ1n) is 5.00. The van der Waals surface area contributed by atoms with E-state index < -0.39 is 0 Å². The molecule has 2 rings (SSSR count). The zero-order valence-electron chi connectivity index (χ0n) is 8.37. The molecule has 0 aromatic heterocycles. The van der Waals surface area contributed by atoms with Gasteiger partial charge in [0.25, 0.3) is 5.91 Å². The fourth-order valence-corrected chi connectivity index (χ4v) is 2.28. The third-order valence-corrected chi connectivity index (χ3v) is 3.13. The summed E-state index contributed by atoms with van der Waals surface area (Å²) in [5.74, 6) is 0.106. The molecule has 4 heteroatoms. The first-order chi connectivity index (χ1) is 7.22. The van der Waals surface area contributed by atoms with Crippen molar-refractivity contribution in [2.75, 3.05) is 19.6 Å². The fraction of sp³-hybridized carbons (Fsp3) is 0.364. The molecule has 1 aromatic carbocycles. The Hall–Kier alpha value is -0.870. The van der Waals surface area contributed by atoms with Gasteiger partial charge in [-0.15, -0.1) is 0 Å². The van der Waals surface area contributed by atoms with Crippen LogP contribution in [0.25, 0.3) is 0 Å². The van der Waals surface area contributed by atoms with Crippen molar-refractivity contribution in [2.24, 2.45) is 5.73 Å². The van der Waals surface area contributed by atoms with Gasteiger partial charge in [-0.3, -0.25) is 4.79 Å². The van der Waals surface area contributed by atoms with Crippen molar-refractivity contribution >= 4 is 21.8 Å². The highest BCUT2D eigenvalue weighted by atomic mass is 79.9. The lowest BCUT2D eigenvalue weighted by Gasteiger charge is -2.28. The Bertz CT molecular complexity index is 392. The highest BCUT2D eigenvalue weighted by molar-refractivity contribution is 9.10. The van der Waals surface area contributed by atoms with E-state index in [0.29, 0.717) is 13.1 Å². The van der Waals surface area contributed by atoms with Crippen LogP contribution in [-0.4, -0.2) is 30.4 Å². The monoisotopic (exact) mass is 268 g/mol. The second-order valence-corrected chi connectivity index (χ2v) is 4.55. The topological polar surface area (TPSA) is 46.3 Å². The van der Waals surface area contributed by atoms with Gasteiger partial charge < -0.3 is 10.6 Å². The van der Waals surface area contributed by atoms with E-state index in [9.17, 15) is 4.79 Å². The minimum atomic E-state index is 0.106. The Labute approximate surface area is 97.4 Å². The molecule has 0 saturated heterocycles. The minimum Gasteiger partial charge on any atom is -0.337 e. The van der Waals surface area contributed by atoms with Crippen LogP contribution in [0, 0.1) is 0 Å². The van der Waals surface area contributed by atoms with E-state index in [1.54, 1.807) is 0 Å². The summed E-state index contributed by atoms with van der Waals surface area (Å²) in [6, 6.07) is 5.81. The molecule has 1 aromatic rings. The summed E-state index contributed by atoms with van der Waals surface area (Å²) in [4.78, 5) is 13.8. The van der Waals surface area contributed by atoms with Crippen LogP contribution in [0.1, 0.15) is 15.9 Å². The molecular weight excluding hydrogens is 256 g/mol. The SMILES string of the molecule is NCCN1CCc2cc(Br)ccc2C1=O. The average Bonchev–Trinajstić information content (AvgIpc) is 2.22. The Balaban J connectivity index is 2.30. The van der Waals surface area contributed by atoms with Crippen LogP contribution >= 0.6 is 15.9 Å². The molecule has 0 atom stereocenters. The molecule has 0 saturated carbocycles. The zero-order chi connectivity index (χ0) is 10.8. The number of carbonyl (C=O) groups is 1. The van der Waals surface area contributed by atoms with Crippen molar-refractivity contribution in [2.45, 2.75) is 6.42 Å². The van der Waals surface area contributed by atoms with Gasteiger partial charge in [-0.2, -0.15) is 0 Å². The maximum atomic E-state index is 12.0. The molecule has 0 fully saturated rings. The van der Waals surface area contributed by atoms with E-state index in [4.69, 9.17) is 5.73 Å². The van der Waals surface area contributed by atoms with Gasteiger partial charge in [0.1, 0.15) is 0 Å². The molecule has 0 radical (unpaired) electrons. The molecule has 3 nitrogen and oxygen atoms in total. The summed E-state index contributed by atoms with van der Waals surface area (Å²) in [6.07, 6.45) is 0.917. The number of benzene rings is 1. The van der Waals surface area contributed by atoms with Crippen molar-refractivity contribution in [1.82, 2.24) is 4.90 Å². The normalized spacial score (nSPS) is 15.3. The maximum absolute atomic E-state index is 12.0. The number of amides is 1. The van der Waals surface area contributed by atoms with E-state index in [1.165, 1.54) is 0 Å². The van der Waals surface area contributed by atoms with Gasteiger partial charge in [0, 0.05) is 29.7 Å². The number of halogens is 1. The van der Waals surface area contributed by atoms with Gasteiger partial charge in [-0.25, -0.2) is 0 Å². The Morgan fingerprint density at radius 1 is 1.47 bits per heavy atom. The molecule has 15 heavy (non-hydrogen) atoms. The largest absolute Gasteiger partial charge is 0.337 e. The lowest BCUT2D eigenvalue weighted by molar-refractivity contribution is 0.0745. The van der Waals surface area contributed by atoms with Crippen LogP contribution in [0.5, 0.6) is 0 Å². The molecule has 0 bridgehead atoms. The Morgan fingerprint density at radius 2 is 2.27 bits per heavy atom. The van der Waals surface area contributed by atoms with Crippen molar-refractivity contribution in [3.63, 3.8) is 0 Å². The van der Waals surface area contributed by atoms with Crippen molar-refractivity contribution in [3.8, 4) is 0 Å². The molecule has 1 amide bonds. The number of rotatable bonds is 2. The van der Waals surface area contributed by atoms with Gasteiger partial charge >= 0.3 is 0 Å². The van der Waals surface area contributed by atoms with Crippen molar-refractivity contribution < 1.29 is 4.79 Å². The minimum absolute atomic E-state index is 0.106. The Kier molecular flexibility index (Phi) is 3.07. The molecule has 1 aliphatic rings. The van der Waals surface area contributed by atoms with E-state index in [2.05, 4.69) is 15.9 Å². The standard InChI is InChI=1S/C11H13BrN2O/c12-9-1-2-10-8(7-9)3-5-14(6-4-13)11(10)15/h1-2,7H,3-6,13H2. The number of nitrogens with zero attached hydrogens (tertiary/aromatic N) is 1. The van der Waals surface area contributed by atoms with Crippen LogP contribution < -0.4 is 5.73 Å². The van der Waals surface area contributed by atoms with Gasteiger partial charge in [-0.1, -0.05) is 15.9 Å². The quantitative estimate of drug-likeness (QED) is 0.882. The first-order valence-corrected chi connectivity index (χ1v) is 5.79. The predicted octanol–water partition coefficient (Wildman–Crippen LogP) is 1.41. The maximum Gasteiger partial charge on any atom is 0.254 e. The molecule has 80 valence electrons. The lowest BCUT2D eigenvalue weighted by atomic mass is 9.99.